The molecule has 1 aromatic heterocycles. The predicted octanol–water partition coefficient (Wildman–Crippen LogP) is 0.454. The lowest BCUT2D eigenvalue weighted by molar-refractivity contribution is 0.272. The van der Waals surface area contributed by atoms with Crippen molar-refractivity contribution in [3.05, 3.63) is 6.07 Å². The number of hydrazine groups is 1. The summed E-state index contributed by atoms with van der Waals surface area (Å²) in [6, 6.07) is 1.69. The van der Waals surface area contributed by atoms with E-state index in [0.717, 1.165) is 13.1 Å². The van der Waals surface area contributed by atoms with Crippen LogP contribution in [0.2, 0.25) is 0 Å². The van der Waals surface area contributed by atoms with Crippen LogP contribution < -0.4 is 16.9 Å². The quantitative estimate of drug-likeness (QED) is 0.653. The van der Waals surface area contributed by atoms with Crippen molar-refractivity contribution in [3.8, 4) is 0 Å². The lowest BCUT2D eigenvalue weighted by atomic mass is 10.2. The highest BCUT2D eigenvalue weighted by Crippen LogP contribution is 2.13. The minimum absolute atomic E-state index is 0.203. The largest absolute Gasteiger partial charge is 0.383 e. The first-order chi connectivity index (χ1) is 7.24. The van der Waals surface area contributed by atoms with E-state index >= 15 is 0 Å². The van der Waals surface area contributed by atoms with Gasteiger partial charge in [-0.15, -0.1) is 0 Å². The van der Waals surface area contributed by atoms with Crippen LogP contribution in [-0.2, 0) is 0 Å². The number of rotatable bonds is 2. The monoisotopic (exact) mass is 208 g/mol. The average molecular weight is 208 g/mol. The number of hydrogen-bond acceptors (Lipinski definition) is 6. The molecule has 0 aromatic carbocycles. The molecule has 15 heavy (non-hydrogen) atoms. The van der Waals surface area contributed by atoms with E-state index in [1.807, 2.05) is 0 Å². The van der Waals surface area contributed by atoms with Crippen LogP contribution in [0.15, 0.2) is 6.07 Å². The summed E-state index contributed by atoms with van der Waals surface area (Å²) in [6.45, 7) is 2.06. The first kappa shape index (κ1) is 9.97. The Morgan fingerprint density at radius 3 is 2.53 bits per heavy atom. The van der Waals surface area contributed by atoms with Crippen molar-refractivity contribution >= 4 is 17.6 Å². The standard InChI is InChI=1S/C9H16N6/c10-7-6-8(13-9(11)12-7)14-15-4-2-1-3-5-15/h6H,1-5H2,(H5,10,11,12,13,14). The SMILES string of the molecule is Nc1cc(NN2CCCCC2)nc(N)n1. The molecule has 5 N–H and O–H groups in total. The van der Waals surface area contributed by atoms with Crippen molar-refractivity contribution in [1.82, 2.24) is 15.0 Å². The van der Waals surface area contributed by atoms with Gasteiger partial charge in [-0.1, -0.05) is 6.42 Å². The van der Waals surface area contributed by atoms with E-state index in [9.17, 15) is 0 Å². The summed E-state index contributed by atoms with van der Waals surface area (Å²) in [5.41, 5.74) is 14.3. The zero-order chi connectivity index (χ0) is 10.7. The summed E-state index contributed by atoms with van der Waals surface area (Å²) in [5.74, 6) is 1.26. The number of aromatic nitrogens is 2. The lowest BCUT2D eigenvalue weighted by Gasteiger charge is -2.27. The second-order valence-electron chi connectivity index (χ2n) is 3.70. The van der Waals surface area contributed by atoms with Crippen LogP contribution in [0.3, 0.4) is 0 Å². The Morgan fingerprint density at radius 1 is 1.13 bits per heavy atom. The molecule has 1 saturated heterocycles. The van der Waals surface area contributed by atoms with Gasteiger partial charge in [-0.3, -0.25) is 0 Å². The fourth-order valence-corrected chi connectivity index (χ4v) is 1.71. The van der Waals surface area contributed by atoms with Gasteiger partial charge in [0.25, 0.3) is 0 Å². The van der Waals surface area contributed by atoms with Gasteiger partial charge in [-0.05, 0) is 12.8 Å². The summed E-state index contributed by atoms with van der Waals surface area (Å²) in [7, 11) is 0. The Kier molecular flexibility index (Phi) is 2.86. The third-order valence-electron chi connectivity index (χ3n) is 2.39. The molecule has 6 nitrogen and oxygen atoms in total. The number of nitrogen functional groups attached to an aromatic ring is 2. The number of piperidine rings is 1. The lowest BCUT2D eigenvalue weighted by Crippen LogP contribution is -2.35. The van der Waals surface area contributed by atoms with Gasteiger partial charge in [0, 0.05) is 19.2 Å². The van der Waals surface area contributed by atoms with E-state index in [0.29, 0.717) is 11.6 Å². The van der Waals surface area contributed by atoms with E-state index < -0.39 is 0 Å². The Morgan fingerprint density at radius 2 is 1.87 bits per heavy atom. The molecule has 0 unspecified atom stereocenters. The van der Waals surface area contributed by atoms with Gasteiger partial charge in [0.15, 0.2) is 0 Å². The Bertz CT molecular complexity index is 313. The van der Waals surface area contributed by atoms with Crippen molar-refractivity contribution in [1.29, 1.82) is 0 Å². The summed E-state index contributed by atoms with van der Waals surface area (Å²) < 4.78 is 0. The van der Waals surface area contributed by atoms with Crippen molar-refractivity contribution < 1.29 is 0 Å². The third-order valence-corrected chi connectivity index (χ3v) is 2.39. The molecule has 1 aromatic rings. The molecule has 0 spiro atoms. The molecule has 0 atom stereocenters. The normalized spacial score (nSPS) is 17.6. The number of anilines is 3. The topological polar surface area (TPSA) is 93.1 Å². The van der Waals surface area contributed by atoms with Gasteiger partial charge in [-0.25, -0.2) is 5.01 Å². The number of nitrogens with two attached hydrogens (primary N) is 2. The van der Waals surface area contributed by atoms with E-state index in [-0.39, 0.29) is 5.95 Å². The van der Waals surface area contributed by atoms with Crippen LogP contribution in [0, 0.1) is 0 Å². The molecule has 0 bridgehead atoms. The molecule has 6 heteroatoms. The molecule has 0 aliphatic carbocycles. The summed E-state index contributed by atoms with van der Waals surface area (Å²) in [6.07, 6.45) is 3.72. The summed E-state index contributed by atoms with van der Waals surface area (Å²) in [5, 5.41) is 2.13. The Balaban J connectivity index is 2.02. The Labute approximate surface area is 88.6 Å². The van der Waals surface area contributed by atoms with Gasteiger partial charge in [0.1, 0.15) is 11.6 Å². The summed E-state index contributed by atoms with van der Waals surface area (Å²) in [4.78, 5) is 7.88. The zero-order valence-electron chi connectivity index (χ0n) is 8.61. The van der Waals surface area contributed by atoms with Crippen molar-refractivity contribution in [2.45, 2.75) is 19.3 Å². The predicted molar refractivity (Wildman–Crippen MR) is 59.9 cm³/mol. The minimum Gasteiger partial charge on any atom is -0.383 e. The molecule has 82 valence electrons. The van der Waals surface area contributed by atoms with Crippen LogP contribution >= 0.6 is 0 Å². The third kappa shape index (κ3) is 2.69. The van der Waals surface area contributed by atoms with Crippen LogP contribution in [0.25, 0.3) is 0 Å². The fourth-order valence-electron chi connectivity index (χ4n) is 1.71. The van der Waals surface area contributed by atoms with Gasteiger partial charge in [-0.2, -0.15) is 9.97 Å². The fraction of sp³-hybridized carbons (Fsp3) is 0.556. The number of nitrogens with one attached hydrogen (secondary N) is 1. The smallest absolute Gasteiger partial charge is 0.223 e. The minimum atomic E-state index is 0.203. The molecule has 0 radical (unpaired) electrons. The Hall–Kier alpha value is -1.56. The van der Waals surface area contributed by atoms with Crippen LogP contribution in [-0.4, -0.2) is 28.1 Å². The first-order valence-electron chi connectivity index (χ1n) is 5.16. The second-order valence-corrected chi connectivity index (χ2v) is 3.70. The number of nitrogens with zero attached hydrogens (tertiary/aromatic N) is 3. The molecule has 2 heterocycles. The maximum Gasteiger partial charge on any atom is 0.223 e. The number of hydrogen-bond donors (Lipinski definition) is 3. The summed E-state index contributed by atoms with van der Waals surface area (Å²) >= 11 is 0. The van der Waals surface area contributed by atoms with Crippen LogP contribution in [0.4, 0.5) is 17.6 Å². The molecule has 1 fully saturated rings. The average Bonchev–Trinajstić information content (AvgIpc) is 2.17. The first-order valence-corrected chi connectivity index (χ1v) is 5.16. The van der Waals surface area contributed by atoms with E-state index in [1.54, 1.807) is 6.07 Å². The van der Waals surface area contributed by atoms with Crippen molar-refractivity contribution in [2.75, 3.05) is 30.0 Å². The van der Waals surface area contributed by atoms with Gasteiger partial charge in [0.2, 0.25) is 5.95 Å². The zero-order valence-corrected chi connectivity index (χ0v) is 8.61. The van der Waals surface area contributed by atoms with E-state index in [2.05, 4.69) is 20.4 Å². The van der Waals surface area contributed by atoms with E-state index in [1.165, 1.54) is 19.3 Å². The van der Waals surface area contributed by atoms with Crippen LogP contribution in [0.5, 0.6) is 0 Å². The molecule has 2 rings (SSSR count). The highest BCUT2D eigenvalue weighted by molar-refractivity contribution is 5.47. The van der Waals surface area contributed by atoms with Gasteiger partial charge < -0.3 is 16.9 Å². The highest BCUT2D eigenvalue weighted by atomic mass is 15.5. The molecule has 0 saturated carbocycles. The molecule has 0 amide bonds. The molecular weight excluding hydrogens is 192 g/mol. The van der Waals surface area contributed by atoms with E-state index in [4.69, 9.17) is 11.5 Å². The van der Waals surface area contributed by atoms with Crippen molar-refractivity contribution in [3.63, 3.8) is 0 Å². The molecular formula is C9H16N6. The molecule has 1 aliphatic heterocycles. The molecule has 1 aliphatic rings. The highest BCUT2D eigenvalue weighted by Gasteiger charge is 2.10. The van der Waals surface area contributed by atoms with Gasteiger partial charge >= 0.3 is 0 Å². The van der Waals surface area contributed by atoms with Crippen LogP contribution in [0.1, 0.15) is 19.3 Å². The maximum atomic E-state index is 5.57. The van der Waals surface area contributed by atoms with Gasteiger partial charge in [0.05, 0.1) is 0 Å². The van der Waals surface area contributed by atoms with Crippen molar-refractivity contribution in [2.24, 2.45) is 0 Å². The maximum absolute atomic E-state index is 5.57. The second kappa shape index (κ2) is 4.31.